The number of para-hydroxylation sites is 4. The zero-order chi connectivity index (χ0) is 49.1. The fourth-order valence-corrected chi connectivity index (χ4v) is 13.1. The van der Waals surface area contributed by atoms with Crippen molar-refractivity contribution in [3.05, 3.63) is 294 Å². The van der Waals surface area contributed by atoms with Gasteiger partial charge in [-0.25, -0.2) is 0 Å². The van der Waals surface area contributed by atoms with E-state index in [0.717, 1.165) is 84.2 Å². The summed E-state index contributed by atoms with van der Waals surface area (Å²) in [4.78, 5) is 4.79. The summed E-state index contributed by atoms with van der Waals surface area (Å²) in [6.07, 6.45) is 0. The Hall–Kier alpha value is -9.38. The van der Waals surface area contributed by atoms with Crippen molar-refractivity contribution in [3.63, 3.8) is 0 Å². The molecule has 0 bridgehead atoms. The highest BCUT2D eigenvalue weighted by atomic mass is 16.5. The molecule has 4 heteroatoms. The Morgan fingerprint density at radius 1 is 0.338 bits per heavy atom. The van der Waals surface area contributed by atoms with Gasteiger partial charge in [0.1, 0.15) is 11.5 Å². The van der Waals surface area contributed by atoms with Crippen LogP contribution >= 0.6 is 0 Å². The van der Waals surface area contributed by atoms with Gasteiger partial charge < -0.3 is 19.1 Å². The van der Waals surface area contributed by atoms with Gasteiger partial charge in [-0.2, -0.15) is 0 Å². The molecule has 11 aromatic carbocycles. The third kappa shape index (κ3) is 5.91. The van der Waals surface area contributed by atoms with E-state index in [1.807, 2.05) is 0 Å². The largest absolute Gasteiger partial charge is 0.456 e. The molecule has 12 aromatic rings. The van der Waals surface area contributed by atoms with Gasteiger partial charge in [0.15, 0.2) is 0 Å². The minimum Gasteiger partial charge on any atom is -0.456 e. The molecule has 0 saturated heterocycles. The average molecular weight is 948 g/mol. The van der Waals surface area contributed by atoms with Crippen LogP contribution in [0, 0.1) is 0 Å². The minimum atomic E-state index is -0.710. The molecule has 0 saturated carbocycles. The first-order valence-corrected chi connectivity index (χ1v) is 25.7. The zero-order valence-corrected chi connectivity index (χ0v) is 41.1. The molecule has 1 aromatic heterocycles. The molecule has 0 fully saturated rings. The molecule has 15 rings (SSSR count). The molecule has 2 heterocycles. The zero-order valence-electron chi connectivity index (χ0n) is 41.1. The predicted octanol–water partition coefficient (Wildman–Crippen LogP) is 18.5. The summed E-state index contributed by atoms with van der Waals surface area (Å²) in [7, 11) is 0. The van der Waals surface area contributed by atoms with Crippen LogP contribution in [0.4, 0.5) is 34.1 Å². The van der Waals surface area contributed by atoms with Crippen LogP contribution in [0.3, 0.4) is 0 Å². The highest BCUT2D eigenvalue weighted by Crippen LogP contribution is 2.65. The maximum Gasteiger partial charge on any atom is 0.142 e. The second-order valence-electron chi connectivity index (χ2n) is 20.4. The lowest BCUT2D eigenvalue weighted by Gasteiger charge is -2.40. The normalized spacial score (nSPS) is 13.9. The molecule has 74 heavy (non-hydrogen) atoms. The Kier molecular flexibility index (Phi) is 9.19. The van der Waals surface area contributed by atoms with E-state index in [0.29, 0.717) is 0 Å². The fourth-order valence-electron chi connectivity index (χ4n) is 13.1. The van der Waals surface area contributed by atoms with E-state index < -0.39 is 5.41 Å². The molecule has 0 unspecified atom stereocenters. The van der Waals surface area contributed by atoms with Crippen LogP contribution in [0.1, 0.15) is 47.2 Å². The van der Waals surface area contributed by atoms with Gasteiger partial charge in [-0.15, -0.1) is 0 Å². The number of rotatable bonds is 7. The van der Waals surface area contributed by atoms with E-state index in [-0.39, 0.29) is 5.41 Å². The summed E-state index contributed by atoms with van der Waals surface area (Å²) >= 11 is 0. The first-order chi connectivity index (χ1) is 36.5. The van der Waals surface area contributed by atoms with E-state index in [1.165, 1.54) is 44.5 Å². The summed E-state index contributed by atoms with van der Waals surface area (Å²) in [6, 6.07) is 95.4. The van der Waals surface area contributed by atoms with Crippen molar-refractivity contribution in [2.45, 2.75) is 24.7 Å². The fraction of sp³-hybridized carbons (Fsp3) is 0.0571. The second-order valence-corrected chi connectivity index (χ2v) is 20.4. The summed E-state index contributed by atoms with van der Waals surface area (Å²) in [5, 5.41) is 2.17. The van der Waals surface area contributed by atoms with Gasteiger partial charge in [-0.05, 0) is 129 Å². The van der Waals surface area contributed by atoms with E-state index in [2.05, 4.69) is 289 Å². The lowest BCUT2D eigenvalue weighted by molar-refractivity contribution is 0.442. The standard InChI is InChI=1S/C70H49N3O/c1-69(2)56-33-18-15-32-54(56)55-44-50(38-40-57(55)69)71(46-22-7-3-8-23-46)51-39-41-60-65(45-51)74-68-61(70(60)58-34-19-16-30-52(58)53-31-17-20-35-59(53)70)42-43-64-67(68)66-62(36-21-37-63(66)73(64)49-28-13-6-14-29-49)72(47-24-9-4-10-25-47)48-26-11-5-12-27-48/h3-45H,1-2H3. The van der Waals surface area contributed by atoms with E-state index in [1.54, 1.807) is 0 Å². The highest BCUT2D eigenvalue weighted by molar-refractivity contribution is 6.20. The van der Waals surface area contributed by atoms with E-state index >= 15 is 0 Å². The van der Waals surface area contributed by atoms with Gasteiger partial charge in [0.2, 0.25) is 0 Å². The summed E-state index contributed by atoms with van der Waals surface area (Å²) in [6.45, 7) is 4.69. The second kappa shape index (κ2) is 16.1. The molecular weight excluding hydrogens is 899 g/mol. The van der Waals surface area contributed by atoms with Crippen LogP contribution in [-0.4, -0.2) is 4.57 Å². The highest BCUT2D eigenvalue weighted by Gasteiger charge is 2.52. The number of aromatic nitrogens is 1. The molecule has 0 amide bonds. The van der Waals surface area contributed by atoms with E-state index in [4.69, 9.17) is 4.74 Å². The van der Waals surface area contributed by atoms with Gasteiger partial charge >= 0.3 is 0 Å². The molecular formula is C70H49N3O. The molecule has 350 valence electrons. The third-order valence-electron chi connectivity index (χ3n) is 16.2. The Bertz CT molecular complexity index is 4110. The summed E-state index contributed by atoms with van der Waals surface area (Å²) in [5.74, 6) is 1.68. The van der Waals surface area contributed by atoms with Gasteiger partial charge in [-0.3, -0.25) is 0 Å². The summed E-state index contributed by atoms with van der Waals surface area (Å²) in [5.41, 5.74) is 21.3. The molecule has 0 N–H and O–H groups in total. The van der Waals surface area contributed by atoms with Crippen molar-refractivity contribution >= 4 is 55.9 Å². The van der Waals surface area contributed by atoms with Crippen LogP contribution in [0.25, 0.3) is 49.7 Å². The maximum atomic E-state index is 7.86. The van der Waals surface area contributed by atoms with Crippen molar-refractivity contribution in [1.82, 2.24) is 4.57 Å². The first kappa shape index (κ1) is 42.3. The molecule has 3 aliphatic rings. The van der Waals surface area contributed by atoms with E-state index in [9.17, 15) is 0 Å². The Balaban J connectivity index is 1.04. The molecule has 0 atom stereocenters. The molecule has 1 spiro atoms. The van der Waals surface area contributed by atoms with Gasteiger partial charge in [0.05, 0.1) is 27.5 Å². The van der Waals surface area contributed by atoms with Crippen LogP contribution in [-0.2, 0) is 10.8 Å². The van der Waals surface area contributed by atoms with Crippen LogP contribution in [0.2, 0.25) is 0 Å². The lowest BCUT2D eigenvalue weighted by atomic mass is 9.65. The van der Waals surface area contributed by atoms with Crippen LogP contribution < -0.4 is 14.5 Å². The van der Waals surface area contributed by atoms with Crippen molar-refractivity contribution in [2.24, 2.45) is 0 Å². The van der Waals surface area contributed by atoms with Crippen molar-refractivity contribution in [2.75, 3.05) is 9.80 Å². The molecule has 1 aliphatic heterocycles. The number of anilines is 6. The van der Waals surface area contributed by atoms with Crippen molar-refractivity contribution in [1.29, 1.82) is 0 Å². The Labute approximate surface area is 431 Å². The number of benzene rings is 11. The molecule has 4 nitrogen and oxygen atoms in total. The number of hydrogen-bond acceptors (Lipinski definition) is 3. The average Bonchev–Trinajstić information content (AvgIpc) is 4.16. The number of ether oxygens (including phenoxy) is 1. The van der Waals surface area contributed by atoms with Crippen LogP contribution in [0.5, 0.6) is 11.5 Å². The Morgan fingerprint density at radius 3 is 1.43 bits per heavy atom. The number of nitrogens with zero attached hydrogens (tertiary/aromatic N) is 3. The van der Waals surface area contributed by atoms with Gasteiger partial charge in [-0.1, -0.05) is 184 Å². The third-order valence-corrected chi connectivity index (χ3v) is 16.2. The van der Waals surface area contributed by atoms with Crippen LogP contribution in [0.15, 0.2) is 261 Å². The topological polar surface area (TPSA) is 20.6 Å². The molecule has 0 radical (unpaired) electrons. The lowest BCUT2D eigenvalue weighted by Crippen LogP contribution is -2.32. The van der Waals surface area contributed by atoms with Crippen molar-refractivity contribution < 1.29 is 4.74 Å². The Morgan fingerprint density at radius 2 is 0.811 bits per heavy atom. The molecule has 2 aliphatic carbocycles. The number of hydrogen-bond donors (Lipinski definition) is 0. The SMILES string of the molecule is CC1(C)c2ccccc2-c2cc(N(c3ccccc3)c3ccc4c(c3)Oc3c(ccc5c3c3c(N(c6ccccc6)c6ccccc6)cccc3n5-c3ccccc3)C43c4ccccc4-c4ccccc43)ccc21. The predicted molar refractivity (Wildman–Crippen MR) is 305 cm³/mol. The maximum absolute atomic E-state index is 7.86. The number of fused-ring (bicyclic) bond motifs is 16. The minimum absolute atomic E-state index is 0.106. The van der Waals surface area contributed by atoms with Gasteiger partial charge in [0.25, 0.3) is 0 Å². The first-order valence-electron chi connectivity index (χ1n) is 25.7. The summed E-state index contributed by atoms with van der Waals surface area (Å²) < 4.78 is 10.3. The smallest absolute Gasteiger partial charge is 0.142 e. The monoisotopic (exact) mass is 947 g/mol. The van der Waals surface area contributed by atoms with Crippen molar-refractivity contribution in [3.8, 4) is 39.4 Å². The van der Waals surface area contributed by atoms with Gasteiger partial charge in [0, 0.05) is 62.1 Å². The quantitative estimate of drug-likeness (QED) is 0.159.